The van der Waals surface area contributed by atoms with Crippen molar-refractivity contribution in [3.05, 3.63) is 18.0 Å². The summed E-state index contributed by atoms with van der Waals surface area (Å²) in [6, 6.07) is 1.58. The Balaban J connectivity index is 1.74. The summed E-state index contributed by atoms with van der Waals surface area (Å²) in [5.74, 6) is 1.49. The summed E-state index contributed by atoms with van der Waals surface area (Å²) in [4.78, 5) is 11.0. The average Bonchev–Trinajstić information content (AvgIpc) is 2.91. The van der Waals surface area contributed by atoms with Crippen molar-refractivity contribution in [1.82, 2.24) is 9.78 Å². The molecule has 0 aliphatic heterocycles. The summed E-state index contributed by atoms with van der Waals surface area (Å²) in [7, 11) is 0. The number of hydrogen-bond donors (Lipinski definition) is 1. The van der Waals surface area contributed by atoms with E-state index in [0.717, 1.165) is 18.4 Å². The zero-order valence-electron chi connectivity index (χ0n) is 9.17. The second-order valence-corrected chi connectivity index (χ2v) is 5.14. The van der Waals surface area contributed by atoms with E-state index in [9.17, 15) is 4.79 Å². The van der Waals surface area contributed by atoms with Gasteiger partial charge in [-0.1, -0.05) is 6.42 Å². The topological polar surface area (TPSA) is 55.1 Å². The molecule has 86 valence electrons. The summed E-state index contributed by atoms with van der Waals surface area (Å²) >= 11 is 0. The van der Waals surface area contributed by atoms with Gasteiger partial charge in [0.25, 0.3) is 0 Å². The van der Waals surface area contributed by atoms with E-state index in [4.69, 9.17) is 5.11 Å². The van der Waals surface area contributed by atoms with Crippen molar-refractivity contribution in [2.75, 3.05) is 0 Å². The highest BCUT2D eigenvalue weighted by Gasteiger charge is 2.39. The van der Waals surface area contributed by atoms with Crippen LogP contribution in [-0.4, -0.2) is 20.9 Å². The number of aromatic carboxylic acids is 1. The van der Waals surface area contributed by atoms with Gasteiger partial charge in [0.15, 0.2) is 0 Å². The summed E-state index contributed by atoms with van der Waals surface area (Å²) in [6.45, 7) is 0.787. The first kappa shape index (κ1) is 9.87. The fraction of sp³-hybridized carbons (Fsp3) is 0.667. The summed E-state index contributed by atoms with van der Waals surface area (Å²) < 4.78 is 1.66. The first-order valence-electron chi connectivity index (χ1n) is 5.99. The number of aromatic nitrogens is 2. The minimum atomic E-state index is -0.874. The minimum Gasteiger partial charge on any atom is -0.477 e. The van der Waals surface area contributed by atoms with Crippen LogP contribution < -0.4 is 0 Å². The maximum Gasteiger partial charge on any atom is 0.354 e. The number of fused-ring (bicyclic) bond motifs is 2. The highest BCUT2D eigenvalue weighted by Crippen LogP contribution is 2.48. The van der Waals surface area contributed by atoms with Crippen LogP contribution in [0.3, 0.4) is 0 Å². The quantitative estimate of drug-likeness (QED) is 0.847. The number of carbonyl (C=O) groups is 1. The van der Waals surface area contributed by atoms with Crippen LogP contribution in [-0.2, 0) is 6.54 Å². The van der Waals surface area contributed by atoms with Crippen LogP contribution in [0, 0.1) is 17.8 Å². The van der Waals surface area contributed by atoms with E-state index in [2.05, 4.69) is 5.10 Å². The lowest BCUT2D eigenvalue weighted by Crippen LogP contribution is -2.20. The van der Waals surface area contributed by atoms with Crippen LogP contribution in [0.15, 0.2) is 12.3 Å². The summed E-state index contributed by atoms with van der Waals surface area (Å²) in [5.41, 5.74) is 0.322. The molecule has 2 bridgehead atoms. The normalized spacial score (nSPS) is 32.1. The maximum atomic E-state index is 11.0. The Morgan fingerprint density at radius 1 is 1.50 bits per heavy atom. The van der Waals surface area contributed by atoms with Crippen molar-refractivity contribution in [3.8, 4) is 0 Å². The van der Waals surface area contributed by atoms with Crippen molar-refractivity contribution in [3.63, 3.8) is 0 Å². The third-order valence-corrected chi connectivity index (χ3v) is 4.23. The number of hydrogen-bond acceptors (Lipinski definition) is 2. The number of carboxylic acids is 1. The maximum absolute atomic E-state index is 11.0. The third-order valence-electron chi connectivity index (χ3n) is 4.23. The molecule has 4 nitrogen and oxygen atoms in total. The first-order chi connectivity index (χ1) is 7.74. The van der Waals surface area contributed by atoms with Gasteiger partial charge < -0.3 is 5.11 Å². The van der Waals surface area contributed by atoms with Gasteiger partial charge in [0.05, 0.1) is 0 Å². The van der Waals surface area contributed by atoms with Crippen LogP contribution in [0.5, 0.6) is 0 Å². The van der Waals surface area contributed by atoms with Crippen LogP contribution in [0.1, 0.15) is 36.2 Å². The van der Waals surface area contributed by atoms with Gasteiger partial charge in [-0.15, -0.1) is 0 Å². The molecular formula is C12H16N2O2. The Morgan fingerprint density at radius 2 is 2.38 bits per heavy atom. The Hall–Kier alpha value is -1.32. The minimum absolute atomic E-state index is 0.322. The molecule has 2 aliphatic carbocycles. The molecule has 3 atom stereocenters. The van der Waals surface area contributed by atoms with Gasteiger partial charge in [-0.05, 0) is 43.1 Å². The highest BCUT2D eigenvalue weighted by atomic mass is 16.4. The second-order valence-electron chi connectivity index (χ2n) is 5.14. The molecular weight excluding hydrogens is 204 g/mol. The molecule has 1 N–H and O–H groups in total. The largest absolute Gasteiger partial charge is 0.477 e. The van der Waals surface area contributed by atoms with E-state index >= 15 is 0 Å². The van der Waals surface area contributed by atoms with E-state index in [1.54, 1.807) is 16.9 Å². The van der Waals surface area contributed by atoms with E-state index in [1.165, 1.54) is 25.7 Å². The zero-order chi connectivity index (χ0) is 11.1. The molecule has 4 heteroatoms. The van der Waals surface area contributed by atoms with Gasteiger partial charge in [-0.3, -0.25) is 4.68 Å². The molecule has 1 aromatic rings. The lowest BCUT2D eigenvalue weighted by molar-refractivity contribution is 0.0680. The Bertz CT molecular complexity index is 413. The Morgan fingerprint density at radius 3 is 3.00 bits per heavy atom. The average molecular weight is 220 g/mol. The smallest absolute Gasteiger partial charge is 0.354 e. The van der Waals surface area contributed by atoms with Gasteiger partial charge >= 0.3 is 5.97 Å². The number of rotatable bonds is 3. The van der Waals surface area contributed by atoms with Crippen LogP contribution in [0.25, 0.3) is 0 Å². The van der Waals surface area contributed by atoms with Crippen molar-refractivity contribution in [2.24, 2.45) is 17.8 Å². The van der Waals surface area contributed by atoms with E-state index in [-0.39, 0.29) is 0 Å². The first-order valence-corrected chi connectivity index (χ1v) is 5.99. The number of carboxylic acid groups (broad SMARTS) is 1. The zero-order valence-corrected chi connectivity index (χ0v) is 9.17. The molecule has 3 rings (SSSR count). The predicted octanol–water partition coefficient (Wildman–Crippen LogP) is 2.02. The van der Waals surface area contributed by atoms with E-state index in [1.807, 2.05) is 0 Å². The molecule has 2 saturated carbocycles. The van der Waals surface area contributed by atoms with Crippen LogP contribution >= 0.6 is 0 Å². The van der Waals surface area contributed by atoms with Crippen molar-refractivity contribution < 1.29 is 9.90 Å². The van der Waals surface area contributed by atoms with Crippen molar-refractivity contribution >= 4 is 5.97 Å². The summed E-state index contributed by atoms with van der Waals surface area (Å²) in [5, 5.41) is 13.1. The summed E-state index contributed by atoms with van der Waals surface area (Å²) in [6.07, 6.45) is 6.92. The predicted molar refractivity (Wildman–Crippen MR) is 58.1 cm³/mol. The van der Waals surface area contributed by atoms with Gasteiger partial charge in [0.2, 0.25) is 0 Å². The standard InChI is InChI=1S/C12H16N2O2/c15-12(16)11-3-4-13-14(11)7-10-6-8-1-2-9(10)5-8/h3-4,8-10H,1-2,5-7H2,(H,15,16). The molecule has 2 fully saturated rings. The third kappa shape index (κ3) is 1.52. The fourth-order valence-electron chi connectivity index (χ4n) is 3.48. The fourth-order valence-corrected chi connectivity index (χ4v) is 3.48. The molecule has 0 aromatic carbocycles. The SMILES string of the molecule is O=C(O)c1ccnn1CC1CC2CCC1C2. The molecule has 0 saturated heterocycles. The second kappa shape index (κ2) is 3.61. The van der Waals surface area contributed by atoms with Gasteiger partial charge in [0.1, 0.15) is 5.69 Å². The molecule has 2 aliphatic rings. The molecule has 1 aromatic heterocycles. The molecule has 16 heavy (non-hydrogen) atoms. The van der Waals surface area contributed by atoms with Gasteiger partial charge in [-0.2, -0.15) is 5.10 Å². The molecule has 0 spiro atoms. The van der Waals surface area contributed by atoms with Gasteiger partial charge in [-0.25, -0.2) is 4.79 Å². The molecule has 1 heterocycles. The van der Waals surface area contributed by atoms with E-state index < -0.39 is 5.97 Å². The molecule has 3 unspecified atom stereocenters. The van der Waals surface area contributed by atoms with Crippen LogP contribution in [0.2, 0.25) is 0 Å². The Labute approximate surface area is 94.3 Å². The van der Waals surface area contributed by atoms with Crippen molar-refractivity contribution in [1.29, 1.82) is 0 Å². The monoisotopic (exact) mass is 220 g/mol. The van der Waals surface area contributed by atoms with Crippen LogP contribution in [0.4, 0.5) is 0 Å². The highest BCUT2D eigenvalue weighted by molar-refractivity contribution is 5.85. The Kier molecular flexibility index (Phi) is 2.23. The van der Waals surface area contributed by atoms with E-state index in [0.29, 0.717) is 11.6 Å². The van der Waals surface area contributed by atoms with Crippen molar-refractivity contribution in [2.45, 2.75) is 32.2 Å². The number of nitrogens with zero attached hydrogens (tertiary/aromatic N) is 2. The lowest BCUT2D eigenvalue weighted by Gasteiger charge is -2.21. The molecule has 0 amide bonds. The lowest BCUT2D eigenvalue weighted by atomic mass is 9.89. The van der Waals surface area contributed by atoms with Gasteiger partial charge in [0, 0.05) is 12.7 Å². The molecule has 0 radical (unpaired) electrons.